The summed E-state index contributed by atoms with van der Waals surface area (Å²) in [5, 5.41) is 7.20. The highest BCUT2D eigenvalue weighted by Crippen LogP contribution is 2.38. The molecule has 0 fully saturated rings. The van der Waals surface area contributed by atoms with Crippen molar-refractivity contribution < 1.29 is 14.3 Å². The van der Waals surface area contributed by atoms with E-state index in [-0.39, 0.29) is 12.5 Å². The molecule has 0 radical (unpaired) electrons. The van der Waals surface area contributed by atoms with E-state index in [1.165, 1.54) is 11.3 Å². The zero-order chi connectivity index (χ0) is 19.2. The van der Waals surface area contributed by atoms with Gasteiger partial charge in [0, 0.05) is 27.9 Å². The van der Waals surface area contributed by atoms with Gasteiger partial charge in [0.25, 0.3) is 5.91 Å². The number of nitrogens with one attached hydrogen (secondary N) is 1. The van der Waals surface area contributed by atoms with Gasteiger partial charge in [0.2, 0.25) is 0 Å². The van der Waals surface area contributed by atoms with Crippen LogP contribution in [0.5, 0.6) is 0 Å². The molecule has 0 bridgehead atoms. The lowest BCUT2D eigenvalue weighted by atomic mass is 10.1. The lowest BCUT2D eigenvalue weighted by Gasteiger charge is -2.12. The van der Waals surface area contributed by atoms with Gasteiger partial charge in [-0.15, -0.1) is 22.7 Å². The summed E-state index contributed by atoms with van der Waals surface area (Å²) in [6.45, 7) is 0.924. The zero-order valence-electron chi connectivity index (χ0n) is 15.1. The standard InChI is InChI=1S/C20H20N2O3S2/c1-22(2)10-11-25-20(24)17-15(16-9-6-12-26-16)13-27-19(17)21-18(23)14-7-4-3-5-8-14/h3-9,12-13H,10-11H2,1-2H3,(H,21,23). The number of ether oxygens (including phenoxy) is 1. The van der Waals surface area contributed by atoms with Crippen molar-refractivity contribution in [3.05, 3.63) is 64.4 Å². The van der Waals surface area contributed by atoms with Gasteiger partial charge in [-0.05, 0) is 37.7 Å². The van der Waals surface area contributed by atoms with Crippen molar-refractivity contribution in [3.63, 3.8) is 0 Å². The van der Waals surface area contributed by atoms with Crippen LogP contribution in [-0.2, 0) is 4.74 Å². The van der Waals surface area contributed by atoms with E-state index >= 15 is 0 Å². The summed E-state index contributed by atoms with van der Waals surface area (Å²) in [5.41, 5.74) is 1.73. The van der Waals surface area contributed by atoms with E-state index in [0.29, 0.717) is 22.7 Å². The first-order valence-electron chi connectivity index (χ1n) is 8.40. The Morgan fingerprint density at radius 1 is 1.07 bits per heavy atom. The molecule has 3 rings (SSSR count). The normalized spacial score (nSPS) is 10.8. The Hall–Kier alpha value is -2.48. The van der Waals surface area contributed by atoms with Crippen LogP contribution < -0.4 is 5.32 Å². The summed E-state index contributed by atoms with van der Waals surface area (Å²) in [5.74, 6) is -0.678. The molecule has 140 valence electrons. The SMILES string of the molecule is CN(C)CCOC(=O)c1c(-c2cccs2)csc1NC(=O)c1ccccc1. The minimum atomic E-state index is -0.426. The van der Waals surface area contributed by atoms with Crippen LogP contribution in [0.25, 0.3) is 10.4 Å². The van der Waals surface area contributed by atoms with Crippen molar-refractivity contribution in [1.29, 1.82) is 0 Å². The predicted molar refractivity (Wildman–Crippen MR) is 111 cm³/mol. The van der Waals surface area contributed by atoms with Crippen LogP contribution in [0.4, 0.5) is 5.00 Å². The van der Waals surface area contributed by atoms with Crippen LogP contribution in [0.3, 0.4) is 0 Å². The lowest BCUT2D eigenvalue weighted by molar-refractivity contribution is 0.0484. The molecule has 0 saturated heterocycles. The number of anilines is 1. The van der Waals surface area contributed by atoms with Crippen molar-refractivity contribution in [2.24, 2.45) is 0 Å². The van der Waals surface area contributed by atoms with Gasteiger partial charge in [-0.2, -0.15) is 0 Å². The summed E-state index contributed by atoms with van der Waals surface area (Å²) in [7, 11) is 3.84. The highest BCUT2D eigenvalue weighted by atomic mass is 32.1. The monoisotopic (exact) mass is 400 g/mol. The number of carbonyl (C=O) groups is 2. The number of hydrogen-bond donors (Lipinski definition) is 1. The number of nitrogens with zero attached hydrogens (tertiary/aromatic N) is 1. The molecular weight excluding hydrogens is 380 g/mol. The fraction of sp³-hybridized carbons (Fsp3) is 0.200. The van der Waals surface area contributed by atoms with Crippen molar-refractivity contribution in [3.8, 4) is 10.4 Å². The van der Waals surface area contributed by atoms with E-state index in [4.69, 9.17) is 4.74 Å². The number of hydrogen-bond acceptors (Lipinski definition) is 6. The van der Waals surface area contributed by atoms with E-state index in [1.54, 1.807) is 35.6 Å². The third-order valence-electron chi connectivity index (χ3n) is 3.82. The Bertz CT molecular complexity index is 903. The molecule has 2 heterocycles. The van der Waals surface area contributed by atoms with Crippen molar-refractivity contribution in [1.82, 2.24) is 4.90 Å². The summed E-state index contributed by atoms with van der Waals surface area (Å²) in [4.78, 5) is 28.2. The first-order valence-corrected chi connectivity index (χ1v) is 10.2. The molecule has 7 heteroatoms. The molecule has 0 spiro atoms. The molecule has 0 saturated carbocycles. The average molecular weight is 401 g/mol. The van der Waals surface area contributed by atoms with Crippen LogP contribution >= 0.6 is 22.7 Å². The van der Waals surface area contributed by atoms with Gasteiger partial charge in [-0.3, -0.25) is 4.79 Å². The van der Waals surface area contributed by atoms with Crippen LogP contribution in [-0.4, -0.2) is 44.0 Å². The topological polar surface area (TPSA) is 58.6 Å². The maximum Gasteiger partial charge on any atom is 0.341 e. The molecule has 3 aromatic rings. The third-order valence-corrected chi connectivity index (χ3v) is 5.62. The fourth-order valence-corrected chi connectivity index (χ4v) is 4.19. The number of benzene rings is 1. The quantitative estimate of drug-likeness (QED) is 0.596. The minimum Gasteiger partial charge on any atom is -0.461 e. The molecule has 0 aliphatic carbocycles. The second-order valence-corrected chi connectivity index (χ2v) is 7.92. The van der Waals surface area contributed by atoms with Crippen molar-refractivity contribution in [2.75, 3.05) is 32.6 Å². The van der Waals surface area contributed by atoms with Gasteiger partial charge in [-0.25, -0.2) is 4.79 Å². The van der Waals surface area contributed by atoms with Gasteiger partial charge in [0.15, 0.2) is 0 Å². The summed E-state index contributed by atoms with van der Waals surface area (Å²) < 4.78 is 5.44. The van der Waals surface area contributed by atoms with Crippen molar-refractivity contribution >= 4 is 39.6 Å². The molecule has 0 atom stereocenters. The predicted octanol–water partition coefficient (Wildman–Crippen LogP) is 4.45. The van der Waals surface area contributed by atoms with Crippen LogP contribution in [0, 0.1) is 0 Å². The van der Waals surface area contributed by atoms with Crippen LogP contribution in [0.2, 0.25) is 0 Å². The van der Waals surface area contributed by atoms with E-state index < -0.39 is 5.97 Å². The number of thiophene rings is 2. The Labute approximate surface area is 166 Å². The third kappa shape index (κ3) is 4.82. The molecule has 27 heavy (non-hydrogen) atoms. The summed E-state index contributed by atoms with van der Waals surface area (Å²) >= 11 is 2.87. The number of rotatable bonds is 7. The average Bonchev–Trinajstić information content (AvgIpc) is 3.31. The van der Waals surface area contributed by atoms with E-state index in [2.05, 4.69) is 5.32 Å². The highest BCUT2D eigenvalue weighted by molar-refractivity contribution is 7.17. The molecular formula is C20H20N2O3S2. The maximum absolute atomic E-state index is 12.8. The van der Waals surface area contributed by atoms with E-state index in [0.717, 1.165) is 10.4 Å². The molecule has 5 nitrogen and oxygen atoms in total. The Morgan fingerprint density at radius 3 is 2.52 bits per heavy atom. The number of likely N-dealkylation sites (N-methyl/N-ethyl adjacent to an activating group) is 1. The minimum absolute atomic E-state index is 0.252. The van der Waals surface area contributed by atoms with Gasteiger partial charge in [-0.1, -0.05) is 24.3 Å². The Kier molecular flexibility index (Phi) is 6.39. The Balaban J connectivity index is 1.87. The second kappa shape index (κ2) is 8.94. The molecule has 0 unspecified atom stereocenters. The van der Waals surface area contributed by atoms with Crippen molar-refractivity contribution in [2.45, 2.75) is 0 Å². The molecule has 1 amide bonds. The van der Waals surface area contributed by atoms with Crippen LogP contribution in [0.15, 0.2) is 53.2 Å². The van der Waals surface area contributed by atoms with Gasteiger partial charge >= 0.3 is 5.97 Å². The van der Waals surface area contributed by atoms with Gasteiger partial charge in [0.05, 0.1) is 0 Å². The first-order chi connectivity index (χ1) is 13.1. The summed E-state index contributed by atoms with van der Waals surface area (Å²) in [6, 6.07) is 12.8. The Morgan fingerprint density at radius 2 is 1.85 bits per heavy atom. The molecule has 1 N–H and O–H groups in total. The van der Waals surface area contributed by atoms with Gasteiger partial charge < -0.3 is 15.0 Å². The maximum atomic E-state index is 12.8. The largest absolute Gasteiger partial charge is 0.461 e. The van der Waals surface area contributed by atoms with Gasteiger partial charge in [0.1, 0.15) is 17.2 Å². The number of amides is 1. The first kappa shape index (κ1) is 19.3. The van der Waals surface area contributed by atoms with E-state index in [1.807, 2.05) is 48.0 Å². The lowest BCUT2D eigenvalue weighted by Crippen LogP contribution is -2.21. The molecule has 0 aliphatic rings. The summed E-state index contributed by atoms with van der Waals surface area (Å²) in [6.07, 6.45) is 0. The molecule has 2 aromatic heterocycles. The molecule has 1 aromatic carbocycles. The highest BCUT2D eigenvalue weighted by Gasteiger charge is 2.23. The van der Waals surface area contributed by atoms with Crippen LogP contribution in [0.1, 0.15) is 20.7 Å². The zero-order valence-corrected chi connectivity index (χ0v) is 16.7. The smallest absolute Gasteiger partial charge is 0.341 e. The number of esters is 1. The number of carbonyl (C=O) groups excluding carboxylic acids is 2. The fourth-order valence-electron chi connectivity index (χ4n) is 2.42. The van der Waals surface area contributed by atoms with E-state index in [9.17, 15) is 9.59 Å². The molecule has 0 aliphatic heterocycles. The second-order valence-electron chi connectivity index (χ2n) is 6.09.